The molecule has 5 heteroatoms. The molecule has 0 spiro atoms. The van der Waals surface area contributed by atoms with E-state index in [4.69, 9.17) is 11.6 Å². The first-order valence-electron chi connectivity index (χ1n) is 7.19. The third kappa shape index (κ3) is 3.18. The Morgan fingerprint density at radius 1 is 1.00 bits per heavy atom. The zero-order valence-corrected chi connectivity index (χ0v) is 13.8. The molecular formula is C17H16ClN3S. The molecular weight excluding hydrogens is 314 g/mol. The molecule has 3 nitrogen and oxygen atoms in total. The van der Waals surface area contributed by atoms with Gasteiger partial charge in [0, 0.05) is 22.0 Å². The van der Waals surface area contributed by atoms with Crippen molar-refractivity contribution in [3.05, 3.63) is 59.6 Å². The highest BCUT2D eigenvalue weighted by Gasteiger charge is 2.15. The second kappa shape index (κ2) is 6.99. The molecule has 0 radical (unpaired) electrons. The molecule has 0 fully saturated rings. The van der Waals surface area contributed by atoms with Crippen molar-refractivity contribution in [1.29, 1.82) is 0 Å². The summed E-state index contributed by atoms with van der Waals surface area (Å²) in [4.78, 5) is 0. The molecule has 3 rings (SSSR count). The molecule has 0 unspecified atom stereocenters. The molecule has 0 saturated carbocycles. The van der Waals surface area contributed by atoms with E-state index in [9.17, 15) is 0 Å². The number of nitrogens with zero attached hydrogens (tertiary/aromatic N) is 3. The van der Waals surface area contributed by atoms with Gasteiger partial charge in [-0.1, -0.05) is 48.5 Å². The summed E-state index contributed by atoms with van der Waals surface area (Å²) in [6.45, 7) is 2.16. The van der Waals surface area contributed by atoms with Crippen LogP contribution in [0.15, 0.2) is 59.8 Å². The van der Waals surface area contributed by atoms with Crippen LogP contribution in [-0.2, 0) is 0 Å². The normalized spacial score (nSPS) is 10.8. The van der Waals surface area contributed by atoms with Crippen LogP contribution in [0.4, 0.5) is 0 Å². The molecule has 0 aliphatic rings. The molecule has 0 amide bonds. The monoisotopic (exact) mass is 329 g/mol. The van der Waals surface area contributed by atoms with Gasteiger partial charge in [-0.15, -0.1) is 10.2 Å². The first kappa shape index (κ1) is 15.1. The topological polar surface area (TPSA) is 30.7 Å². The van der Waals surface area contributed by atoms with Crippen LogP contribution in [0, 0.1) is 0 Å². The molecule has 0 aliphatic heterocycles. The van der Waals surface area contributed by atoms with Crippen molar-refractivity contribution in [2.45, 2.75) is 18.5 Å². The minimum atomic E-state index is 0.718. The van der Waals surface area contributed by atoms with Crippen LogP contribution in [0.5, 0.6) is 0 Å². The average molecular weight is 330 g/mol. The maximum Gasteiger partial charge on any atom is 0.196 e. The Kier molecular flexibility index (Phi) is 4.80. The lowest BCUT2D eigenvalue weighted by molar-refractivity contribution is 0.884. The van der Waals surface area contributed by atoms with Crippen LogP contribution in [0.2, 0.25) is 5.02 Å². The maximum atomic E-state index is 5.98. The second-order valence-corrected chi connectivity index (χ2v) is 6.33. The van der Waals surface area contributed by atoms with E-state index in [1.54, 1.807) is 11.8 Å². The third-order valence-corrected chi connectivity index (χ3v) is 4.57. The molecule has 2 aromatic carbocycles. The first-order chi connectivity index (χ1) is 10.8. The van der Waals surface area contributed by atoms with Crippen LogP contribution >= 0.6 is 23.4 Å². The van der Waals surface area contributed by atoms with E-state index in [2.05, 4.69) is 33.8 Å². The van der Waals surface area contributed by atoms with Crippen molar-refractivity contribution in [3.63, 3.8) is 0 Å². The molecule has 3 aromatic rings. The van der Waals surface area contributed by atoms with Gasteiger partial charge in [0.2, 0.25) is 0 Å². The van der Waals surface area contributed by atoms with Crippen molar-refractivity contribution in [1.82, 2.24) is 14.8 Å². The molecule has 112 valence electrons. The molecule has 0 bridgehead atoms. The summed E-state index contributed by atoms with van der Waals surface area (Å²) in [7, 11) is 0. The summed E-state index contributed by atoms with van der Waals surface area (Å²) in [5.74, 6) is 1.85. The Bertz CT molecular complexity index is 738. The minimum Gasteiger partial charge on any atom is -0.270 e. The molecule has 0 N–H and O–H groups in total. The second-order valence-electron chi connectivity index (χ2n) is 4.83. The SMILES string of the molecule is CCCSc1nnc(-c2ccc(Cl)cc2)n1-c1ccccc1. The number of benzene rings is 2. The molecule has 1 heterocycles. The zero-order chi connectivity index (χ0) is 15.4. The predicted molar refractivity (Wildman–Crippen MR) is 92.8 cm³/mol. The van der Waals surface area contributed by atoms with Gasteiger partial charge >= 0.3 is 0 Å². The third-order valence-electron chi connectivity index (χ3n) is 3.19. The smallest absolute Gasteiger partial charge is 0.196 e. The largest absolute Gasteiger partial charge is 0.270 e. The van der Waals surface area contributed by atoms with E-state index in [0.717, 1.165) is 39.4 Å². The van der Waals surface area contributed by atoms with Gasteiger partial charge < -0.3 is 0 Å². The van der Waals surface area contributed by atoms with E-state index in [1.165, 1.54) is 0 Å². The Labute approximate surface area is 139 Å². The van der Waals surface area contributed by atoms with Crippen LogP contribution in [0.3, 0.4) is 0 Å². The van der Waals surface area contributed by atoms with Gasteiger partial charge in [-0.2, -0.15) is 0 Å². The van der Waals surface area contributed by atoms with Crippen LogP contribution < -0.4 is 0 Å². The van der Waals surface area contributed by atoms with Crippen LogP contribution in [0.25, 0.3) is 17.1 Å². The molecule has 0 atom stereocenters. The minimum absolute atomic E-state index is 0.718. The number of hydrogen-bond acceptors (Lipinski definition) is 3. The van der Waals surface area contributed by atoms with Gasteiger partial charge in [0.25, 0.3) is 0 Å². The fraction of sp³-hybridized carbons (Fsp3) is 0.176. The van der Waals surface area contributed by atoms with E-state index in [-0.39, 0.29) is 0 Å². The Hall–Kier alpha value is -1.78. The van der Waals surface area contributed by atoms with Gasteiger partial charge in [-0.3, -0.25) is 4.57 Å². The summed E-state index contributed by atoms with van der Waals surface area (Å²) in [6.07, 6.45) is 1.10. The Balaban J connectivity index is 2.10. The number of halogens is 1. The van der Waals surface area contributed by atoms with Crippen molar-refractivity contribution in [2.24, 2.45) is 0 Å². The molecule has 0 saturated heterocycles. The van der Waals surface area contributed by atoms with Crippen LogP contribution in [-0.4, -0.2) is 20.5 Å². The number of hydrogen-bond donors (Lipinski definition) is 0. The first-order valence-corrected chi connectivity index (χ1v) is 8.55. The lowest BCUT2D eigenvalue weighted by Crippen LogP contribution is -1.99. The van der Waals surface area contributed by atoms with E-state index >= 15 is 0 Å². The molecule has 1 aromatic heterocycles. The summed E-state index contributed by atoms with van der Waals surface area (Å²) < 4.78 is 2.10. The maximum absolute atomic E-state index is 5.98. The van der Waals surface area contributed by atoms with Gasteiger partial charge in [-0.25, -0.2) is 0 Å². The standard InChI is InChI=1S/C17H16ClN3S/c1-2-12-22-17-20-19-16(13-8-10-14(18)11-9-13)21(17)15-6-4-3-5-7-15/h3-11H,2,12H2,1H3. The highest BCUT2D eigenvalue weighted by atomic mass is 35.5. The Morgan fingerprint density at radius 2 is 1.73 bits per heavy atom. The fourth-order valence-electron chi connectivity index (χ4n) is 2.15. The number of rotatable bonds is 5. The van der Waals surface area contributed by atoms with Crippen molar-refractivity contribution >= 4 is 23.4 Å². The lowest BCUT2D eigenvalue weighted by atomic mass is 10.2. The number of thioether (sulfide) groups is 1. The average Bonchev–Trinajstić information content (AvgIpc) is 2.98. The van der Waals surface area contributed by atoms with Gasteiger partial charge in [-0.05, 0) is 42.8 Å². The summed E-state index contributed by atoms with van der Waals surface area (Å²) in [5.41, 5.74) is 2.07. The molecule has 0 aliphatic carbocycles. The zero-order valence-electron chi connectivity index (χ0n) is 12.2. The predicted octanol–water partition coefficient (Wildman–Crippen LogP) is 5.09. The van der Waals surface area contributed by atoms with Crippen molar-refractivity contribution in [3.8, 4) is 17.1 Å². The van der Waals surface area contributed by atoms with Crippen molar-refractivity contribution in [2.75, 3.05) is 5.75 Å². The Morgan fingerprint density at radius 3 is 2.41 bits per heavy atom. The lowest BCUT2D eigenvalue weighted by Gasteiger charge is -2.10. The van der Waals surface area contributed by atoms with E-state index < -0.39 is 0 Å². The van der Waals surface area contributed by atoms with Crippen LogP contribution in [0.1, 0.15) is 13.3 Å². The summed E-state index contributed by atoms with van der Waals surface area (Å²) in [6, 6.07) is 17.9. The van der Waals surface area contributed by atoms with E-state index in [1.807, 2.05) is 42.5 Å². The number of para-hydroxylation sites is 1. The van der Waals surface area contributed by atoms with Gasteiger partial charge in [0.15, 0.2) is 11.0 Å². The highest BCUT2D eigenvalue weighted by molar-refractivity contribution is 7.99. The summed E-state index contributed by atoms with van der Waals surface area (Å²) >= 11 is 7.71. The quantitative estimate of drug-likeness (QED) is 0.611. The van der Waals surface area contributed by atoms with Gasteiger partial charge in [0.1, 0.15) is 0 Å². The number of aromatic nitrogens is 3. The van der Waals surface area contributed by atoms with Crippen molar-refractivity contribution < 1.29 is 0 Å². The molecule has 22 heavy (non-hydrogen) atoms. The van der Waals surface area contributed by atoms with Gasteiger partial charge in [0.05, 0.1) is 0 Å². The summed E-state index contributed by atoms with van der Waals surface area (Å²) in [5, 5.41) is 10.4. The highest BCUT2D eigenvalue weighted by Crippen LogP contribution is 2.28. The fourth-order valence-corrected chi connectivity index (χ4v) is 3.08. The van der Waals surface area contributed by atoms with E-state index in [0.29, 0.717) is 0 Å².